The molecule has 1 aromatic heterocycles. The van der Waals surface area contributed by atoms with Gasteiger partial charge in [0.1, 0.15) is 11.1 Å². The SMILES string of the molecule is COC(=O)c1cccnc1S[C@@H]1[C@@H]2C[C@@H]3[C@@H]1OC(=O)[C@H]3C2. The molecule has 110 valence electrons. The average Bonchev–Trinajstić information content (AvgIpc) is 3.12. The first-order valence-corrected chi connectivity index (χ1v) is 7.97. The van der Waals surface area contributed by atoms with Crippen LogP contribution in [0.2, 0.25) is 0 Å². The van der Waals surface area contributed by atoms with E-state index in [4.69, 9.17) is 9.47 Å². The van der Waals surface area contributed by atoms with Gasteiger partial charge in [-0.15, -0.1) is 0 Å². The molecule has 1 aromatic rings. The van der Waals surface area contributed by atoms with Crippen molar-refractivity contribution in [3.8, 4) is 0 Å². The molecule has 1 saturated heterocycles. The fourth-order valence-corrected chi connectivity index (χ4v) is 5.41. The second kappa shape index (κ2) is 4.73. The summed E-state index contributed by atoms with van der Waals surface area (Å²) < 4.78 is 10.4. The zero-order chi connectivity index (χ0) is 14.6. The van der Waals surface area contributed by atoms with Crippen molar-refractivity contribution in [3.63, 3.8) is 0 Å². The van der Waals surface area contributed by atoms with Gasteiger partial charge in [-0.05, 0) is 30.9 Å². The van der Waals surface area contributed by atoms with Crippen LogP contribution >= 0.6 is 11.8 Å². The number of pyridine rings is 1. The Hall–Kier alpha value is -1.56. The van der Waals surface area contributed by atoms with Gasteiger partial charge in [-0.25, -0.2) is 9.78 Å². The summed E-state index contributed by atoms with van der Waals surface area (Å²) in [5.41, 5.74) is 0.480. The molecule has 2 heterocycles. The van der Waals surface area contributed by atoms with Crippen LogP contribution in [0, 0.1) is 17.8 Å². The van der Waals surface area contributed by atoms with Crippen molar-refractivity contribution >= 4 is 23.7 Å². The number of carbonyl (C=O) groups is 2. The molecule has 21 heavy (non-hydrogen) atoms. The standard InChI is InChI=1S/C15H15NO4S/c1-19-14(17)8-3-2-4-16-13(8)21-12-7-5-9-10(6-7)15(18)20-11(9)12/h2-4,7,9-12H,5-6H2,1H3/t7-,9+,10+,11+,12-/m1/s1. The maximum Gasteiger partial charge on any atom is 0.340 e. The summed E-state index contributed by atoms with van der Waals surface area (Å²) in [4.78, 5) is 27.9. The Kier molecular flexibility index (Phi) is 2.96. The summed E-state index contributed by atoms with van der Waals surface area (Å²) in [5, 5.41) is 0.873. The van der Waals surface area contributed by atoms with Gasteiger partial charge in [0.25, 0.3) is 0 Å². The van der Waals surface area contributed by atoms with Crippen molar-refractivity contribution in [1.29, 1.82) is 0 Å². The molecule has 5 atom stereocenters. The van der Waals surface area contributed by atoms with Crippen molar-refractivity contribution in [1.82, 2.24) is 4.98 Å². The summed E-state index contributed by atoms with van der Waals surface area (Å²) >= 11 is 1.56. The number of hydrogen-bond donors (Lipinski definition) is 0. The predicted octanol–water partition coefficient (Wildman–Crippen LogP) is 1.91. The first-order valence-electron chi connectivity index (χ1n) is 7.09. The molecule has 2 bridgehead atoms. The molecule has 5 nitrogen and oxygen atoms in total. The van der Waals surface area contributed by atoms with Crippen LogP contribution in [0.15, 0.2) is 23.4 Å². The van der Waals surface area contributed by atoms with Crippen LogP contribution in [-0.4, -0.2) is 35.4 Å². The Balaban J connectivity index is 1.61. The number of nitrogens with zero attached hydrogens (tertiary/aromatic N) is 1. The van der Waals surface area contributed by atoms with Crippen LogP contribution in [0.4, 0.5) is 0 Å². The molecule has 1 aliphatic heterocycles. The molecule has 0 spiro atoms. The quantitative estimate of drug-likeness (QED) is 0.795. The van der Waals surface area contributed by atoms with E-state index in [9.17, 15) is 9.59 Å². The number of ether oxygens (including phenoxy) is 2. The lowest BCUT2D eigenvalue weighted by atomic mass is 9.89. The average molecular weight is 305 g/mol. The summed E-state index contributed by atoms with van der Waals surface area (Å²) in [7, 11) is 1.37. The van der Waals surface area contributed by atoms with Gasteiger partial charge in [0.05, 0.1) is 23.8 Å². The summed E-state index contributed by atoms with van der Waals surface area (Å²) in [5.74, 6) is 0.541. The smallest absolute Gasteiger partial charge is 0.340 e. The van der Waals surface area contributed by atoms with Crippen molar-refractivity contribution in [2.24, 2.45) is 17.8 Å². The number of aromatic nitrogens is 1. The zero-order valence-corrected chi connectivity index (χ0v) is 12.3. The van der Waals surface area contributed by atoms with Crippen LogP contribution in [0.1, 0.15) is 23.2 Å². The number of hydrogen-bond acceptors (Lipinski definition) is 6. The minimum absolute atomic E-state index is 0.0150. The molecule has 3 aliphatic rings. The van der Waals surface area contributed by atoms with E-state index in [1.807, 2.05) is 0 Å². The fourth-order valence-electron chi connectivity index (χ4n) is 3.94. The first-order chi connectivity index (χ1) is 10.2. The molecule has 0 aromatic carbocycles. The Morgan fingerprint density at radius 1 is 1.48 bits per heavy atom. The van der Waals surface area contributed by atoms with E-state index >= 15 is 0 Å². The van der Waals surface area contributed by atoms with Crippen LogP contribution in [0.5, 0.6) is 0 Å². The third kappa shape index (κ3) is 1.88. The minimum atomic E-state index is -0.380. The Bertz CT molecular complexity index is 619. The van der Waals surface area contributed by atoms with Gasteiger partial charge >= 0.3 is 11.9 Å². The van der Waals surface area contributed by atoms with E-state index in [0.717, 1.165) is 12.8 Å². The van der Waals surface area contributed by atoms with Crippen molar-refractivity contribution in [3.05, 3.63) is 23.9 Å². The Morgan fingerprint density at radius 3 is 3.14 bits per heavy atom. The maximum atomic E-state index is 11.8. The normalized spacial score (nSPS) is 35.9. The lowest BCUT2D eigenvalue weighted by molar-refractivity contribution is -0.143. The molecule has 2 saturated carbocycles. The molecule has 6 heteroatoms. The molecule has 4 rings (SSSR count). The van der Waals surface area contributed by atoms with Crippen LogP contribution in [0.25, 0.3) is 0 Å². The van der Waals surface area contributed by atoms with Gasteiger partial charge in [-0.2, -0.15) is 0 Å². The van der Waals surface area contributed by atoms with Crippen LogP contribution < -0.4 is 0 Å². The van der Waals surface area contributed by atoms with Crippen LogP contribution in [0.3, 0.4) is 0 Å². The monoisotopic (exact) mass is 305 g/mol. The molecule has 0 unspecified atom stereocenters. The van der Waals surface area contributed by atoms with Crippen molar-refractivity contribution in [2.75, 3.05) is 7.11 Å². The topological polar surface area (TPSA) is 65.5 Å². The van der Waals surface area contributed by atoms with E-state index in [-0.39, 0.29) is 29.2 Å². The van der Waals surface area contributed by atoms with Gasteiger partial charge in [0, 0.05) is 12.1 Å². The molecule has 2 aliphatic carbocycles. The number of fused-ring (bicyclic) bond motifs is 1. The Labute approximate surface area is 126 Å². The number of methoxy groups -OCH3 is 1. The van der Waals surface area contributed by atoms with Gasteiger partial charge in [-0.3, -0.25) is 4.79 Å². The summed E-state index contributed by atoms with van der Waals surface area (Å²) in [6.07, 6.45) is 3.63. The first kappa shape index (κ1) is 13.1. The second-order valence-corrected chi connectivity index (χ2v) is 7.00. The Morgan fingerprint density at radius 2 is 2.33 bits per heavy atom. The minimum Gasteiger partial charge on any atom is -0.465 e. The van der Waals surface area contributed by atoms with Gasteiger partial charge in [0.15, 0.2) is 0 Å². The molecule has 0 amide bonds. The van der Waals surface area contributed by atoms with E-state index in [0.29, 0.717) is 22.4 Å². The third-order valence-electron chi connectivity index (χ3n) is 4.84. The van der Waals surface area contributed by atoms with Crippen LogP contribution in [-0.2, 0) is 14.3 Å². The summed E-state index contributed by atoms with van der Waals surface area (Å²) in [6, 6.07) is 3.45. The lowest BCUT2D eigenvalue weighted by Crippen LogP contribution is -2.29. The van der Waals surface area contributed by atoms with E-state index in [1.54, 1.807) is 30.1 Å². The second-order valence-electron chi connectivity index (χ2n) is 5.83. The molecule has 0 radical (unpaired) electrons. The lowest BCUT2D eigenvalue weighted by Gasteiger charge is -2.24. The number of rotatable bonds is 3. The zero-order valence-electron chi connectivity index (χ0n) is 11.5. The van der Waals surface area contributed by atoms with E-state index in [1.165, 1.54) is 7.11 Å². The highest BCUT2D eigenvalue weighted by Crippen LogP contribution is 2.58. The highest BCUT2D eigenvalue weighted by Gasteiger charge is 2.62. The molecular weight excluding hydrogens is 290 g/mol. The fraction of sp³-hybridized carbons (Fsp3) is 0.533. The number of esters is 2. The highest BCUT2D eigenvalue weighted by molar-refractivity contribution is 8.00. The molecule has 0 N–H and O–H groups in total. The van der Waals surface area contributed by atoms with Gasteiger partial charge in [-0.1, -0.05) is 11.8 Å². The maximum absolute atomic E-state index is 11.8. The largest absolute Gasteiger partial charge is 0.465 e. The van der Waals surface area contributed by atoms with Crippen molar-refractivity contribution in [2.45, 2.75) is 29.2 Å². The van der Waals surface area contributed by atoms with Crippen molar-refractivity contribution < 1.29 is 19.1 Å². The number of carbonyl (C=O) groups excluding carboxylic acids is 2. The van der Waals surface area contributed by atoms with Gasteiger partial charge in [0.2, 0.25) is 0 Å². The van der Waals surface area contributed by atoms with E-state index < -0.39 is 0 Å². The van der Waals surface area contributed by atoms with Gasteiger partial charge < -0.3 is 9.47 Å². The van der Waals surface area contributed by atoms with E-state index in [2.05, 4.69) is 4.98 Å². The highest BCUT2D eigenvalue weighted by atomic mass is 32.2. The molecule has 3 fully saturated rings. The number of thioether (sulfide) groups is 1. The summed E-state index contributed by atoms with van der Waals surface area (Å²) in [6.45, 7) is 0. The molecular formula is C15H15NO4S. The third-order valence-corrected chi connectivity index (χ3v) is 6.31. The predicted molar refractivity (Wildman–Crippen MR) is 74.8 cm³/mol.